The summed E-state index contributed by atoms with van der Waals surface area (Å²) in [6, 6.07) is -1.89. The van der Waals surface area contributed by atoms with Gasteiger partial charge in [-0.15, -0.1) is 6.58 Å². The van der Waals surface area contributed by atoms with Crippen LogP contribution >= 0.6 is 0 Å². The summed E-state index contributed by atoms with van der Waals surface area (Å²) in [6.07, 6.45) is 3.67. The van der Waals surface area contributed by atoms with Crippen molar-refractivity contribution in [2.45, 2.75) is 86.1 Å². The van der Waals surface area contributed by atoms with Crippen molar-refractivity contribution in [3.8, 4) is 0 Å². The number of hydrogen-bond donors (Lipinski definition) is 4. The van der Waals surface area contributed by atoms with Gasteiger partial charge >= 0.3 is 6.09 Å². The molecule has 10 heteroatoms. The molecule has 4 N–H and O–H groups in total. The van der Waals surface area contributed by atoms with Crippen LogP contribution in [-0.4, -0.2) is 94.8 Å². The summed E-state index contributed by atoms with van der Waals surface area (Å²) < 4.78 is 10.7. The largest absolute Gasteiger partial charge is 0.448 e. The zero-order valence-electron chi connectivity index (χ0n) is 23.1. The summed E-state index contributed by atoms with van der Waals surface area (Å²) in [7, 11) is 0. The number of nitrogens with zero attached hydrogens (tertiary/aromatic N) is 2. The Morgan fingerprint density at radius 2 is 1.72 bits per heavy atom. The summed E-state index contributed by atoms with van der Waals surface area (Å²) in [5.74, 6) is -0.296. The SMILES string of the molecule is C=CCC/C=C/CN(CC)C(=O)OCCN(C(=O)[C@@H](NC(O)OCC(C)C)C(C)(C)C)C(C)C(O)O. The Labute approximate surface area is 216 Å². The Kier molecular flexibility index (Phi) is 16.5. The molecular formula is C26H49N3O7. The molecule has 3 atom stereocenters. The minimum Gasteiger partial charge on any atom is -0.448 e. The minimum absolute atomic E-state index is 0.0622. The molecule has 10 nitrogen and oxygen atoms in total. The normalized spacial score (nSPS) is 14.7. The highest BCUT2D eigenvalue weighted by molar-refractivity contribution is 5.83. The number of carbonyl (C=O) groups is 2. The van der Waals surface area contributed by atoms with E-state index in [0.29, 0.717) is 19.7 Å². The highest BCUT2D eigenvalue weighted by Gasteiger charge is 2.38. The van der Waals surface area contributed by atoms with Crippen LogP contribution in [0.25, 0.3) is 0 Å². The molecule has 2 amide bonds. The molecule has 0 aromatic heterocycles. The molecule has 210 valence electrons. The summed E-state index contributed by atoms with van der Waals surface area (Å²) in [6.45, 7) is 17.3. The lowest BCUT2D eigenvalue weighted by atomic mass is 9.85. The predicted octanol–water partition coefficient (Wildman–Crippen LogP) is 2.45. The number of allylic oxidation sites excluding steroid dienone is 2. The molecule has 0 spiro atoms. The molecule has 0 aliphatic carbocycles. The molecule has 0 aromatic rings. The third-order valence-electron chi connectivity index (χ3n) is 5.44. The van der Waals surface area contributed by atoms with Gasteiger partial charge in [0.25, 0.3) is 0 Å². The maximum atomic E-state index is 13.5. The zero-order valence-corrected chi connectivity index (χ0v) is 23.1. The standard InChI is InChI=1S/C26H49N3O7/c1-9-11-12-13-14-15-28(10-2)25(34)35-17-16-29(20(5)23(31)32)22(30)21(26(6,7)8)27-24(33)36-18-19(3)4/h9,13-14,19-21,23-24,27,31-33H,1,10-12,15-18H2,2-8H3/b14-13+/t20?,21-,24?/m1/s1. The number of nitrogens with one attached hydrogen (secondary N) is 1. The van der Waals surface area contributed by atoms with E-state index in [-0.39, 0.29) is 19.1 Å². The molecule has 0 radical (unpaired) electrons. The number of rotatable bonds is 17. The highest BCUT2D eigenvalue weighted by atomic mass is 16.6. The average molecular weight is 516 g/mol. The maximum absolute atomic E-state index is 13.5. The first-order valence-corrected chi connectivity index (χ1v) is 12.7. The van der Waals surface area contributed by atoms with E-state index in [0.717, 1.165) is 12.8 Å². The van der Waals surface area contributed by atoms with E-state index in [9.17, 15) is 24.9 Å². The van der Waals surface area contributed by atoms with Crippen LogP contribution in [0, 0.1) is 11.3 Å². The monoisotopic (exact) mass is 515 g/mol. The van der Waals surface area contributed by atoms with Gasteiger partial charge in [0.2, 0.25) is 12.3 Å². The minimum atomic E-state index is -1.81. The van der Waals surface area contributed by atoms with Gasteiger partial charge in [0.05, 0.1) is 25.2 Å². The number of aliphatic hydroxyl groups excluding tert-OH is 2. The predicted molar refractivity (Wildman–Crippen MR) is 140 cm³/mol. The van der Waals surface area contributed by atoms with E-state index in [1.807, 2.05) is 59.8 Å². The number of hydrogen-bond acceptors (Lipinski definition) is 8. The Balaban J connectivity index is 5.34. The Bertz CT molecular complexity index is 677. The van der Waals surface area contributed by atoms with Crippen LogP contribution in [0.3, 0.4) is 0 Å². The van der Waals surface area contributed by atoms with Gasteiger partial charge in [-0.1, -0.05) is 52.8 Å². The number of likely N-dealkylation sites (N-methyl/N-ethyl adjacent to an activating group) is 1. The molecule has 0 fully saturated rings. The highest BCUT2D eigenvalue weighted by Crippen LogP contribution is 2.23. The van der Waals surface area contributed by atoms with Crippen molar-refractivity contribution in [1.82, 2.24) is 15.1 Å². The lowest BCUT2D eigenvalue weighted by molar-refractivity contribution is -0.164. The van der Waals surface area contributed by atoms with Crippen LogP contribution in [0.5, 0.6) is 0 Å². The quantitative estimate of drug-likeness (QED) is 0.132. The van der Waals surface area contributed by atoms with E-state index >= 15 is 0 Å². The van der Waals surface area contributed by atoms with Crippen molar-refractivity contribution >= 4 is 12.0 Å². The summed E-state index contributed by atoms with van der Waals surface area (Å²) in [4.78, 5) is 28.8. The van der Waals surface area contributed by atoms with Crippen LogP contribution in [0.4, 0.5) is 4.79 Å². The topological polar surface area (TPSA) is 132 Å². The second-order valence-electron chi connectivity index (χ2n) is 10.2. The number of unbranched alkanes of at least 4 members (excludes halogenated alkanes) is 1. The number of amides is 2. The fraction of sp³-hybridized carbons (Fsp3) is 0.769. The van der Waals surface area contributed by atoms with Gasteiger partial charge in [-0.3, -0.25) is 10.1 Å². The van der Waals surface area contributed by atoms with E-state index < -0.39 is 42.2 Å². The van der Waals surface area contributed by atoms with Crippen LogP contribution in [0.1, 0.15) is 61.3 Å². The zero-order chi connectivity index (χ0) is 27.9. The van der Waals surface area contributed by atoms with Crippen molar-refractivity contribution in [1.29, 1.82) is 0 Å². The molecule has 0 aliphatic heterocycles. The smallest absolute Gasteiger partial charge is 0.410 e. The molecular weight excluding hydrogens is 466 g/mol. The number of carbonyl (C=O) groups excluding carboxylic acids is 2. The average Bonchev–Trinajstić information content (AvgIpc) is 2.79. The maximum Gasteiger partial charge on any atom is 0.410 e. The molecule has 2 unspecified atom stereocenters. The molecule has 36 heavy (non-hydrogen) atoms. The molecule has 0 saturated carbocycles. The van der Waals surface area contributed by atoms with E-state index in [2.05, 4.69) is 11.9 Å². The molecule has 0 rings (SSSR count). The first kappa shape index (κ1) is 34.0. The second-order valence-corrected chi connectivity index (χ2v) is 10.2. The fourth-order valence-corrected chi connectivity index (χ4v) is 3.20. The Hall–Kier alpha value is -1.98. The lowest BCUT2D eigenvalue weighted by Crippen LogP contribution is -2.60. The molecule has 0 saturated heterocycles. The summed E-state index contributed by atoms with van der Waals surface area (Å²) >= 11 is 0. The summed E-state index contributed by atoms with van der Waals surface area (Å²) in [5, 5.41) is 32.6. The Morgan fingerprint density at radius 3 is 2.22 bits per heavy atom. The van der Waals surface area contributed by atoms with Crippen molar-refractivity contribution in [3.63, 3.8) is 0 Å². The third-order valence-corrected chi connectivity index (χ3v) is 5.44. The molecule has 0 heterocycles. The van der Waals surface area contributed by atoms with Crippen LogP contribution in [-0.2, 0) is 14.3 Å². The van der Waals surface area contributed by atoms with Crippen molar-refractivity contribution in [3.05, 3.63) is 24.8 Å². The van der Waals surface area contributed by atoms with Crippen LogP contribution in [0.2, 0.25) is 0 Å². The van der Waals surface area contributed by atoms with Crippen LogP contribution < -0.4 is 5.32 Å². The van der Waals surface area contributed by atoms with Gasteiger partial charge in [0, 0.05) is 13.1 Å². The van der Waals surface area contributed by atoms with Gasteiger partial charge in [-0.05, 0) is 38.0 Å². The van der Waals surface area contributed by atoms with Gasteiger partial charge in [-0.25, -0.2) is 4.79 Å². The van der Waals surface area contributed by atoms with Crippen molar-refractivity contribution < 1.29 is 34.4 Å². The number of ether oxygens (including phenoxy) is 2. The van der Waals surface area contributed by atoms with Gasteiger partial charge in [-0.2, -0.15) is 0 Å². The van der Waals surface area contributed by atoms with E-state index in [4.69, 9.17) is 9.47 Å². The number of aliphatic hydroxyl groups is 3. The molecule has 0 aliphatic rings. The first-order chi connectivity index (χ1) is 16.8. The van der Waals surface area contributed by atoms with Crippen molar-refractivity contribution in [2.24, 2.45) is 11.3 Å². The third kappa shape index (κ3) is 13.4. The Morgan fingerprint density at radius 1 is 1.08 bits per heavy atom. The fourth-order valence-electron chi connectivity index (χ4n) is 3.20. The van der Waals surface area contributed by atoms with E-state index in [1.54, 1.807) is 0 Å². The van der Waals surface area contributed by atoms with E-state index in [1.165, 1.54) is 16.7 Å². The lowest BCUT2D eigenvalue weighted by Gasteiger charge is -2.39. The van der Waals surface area contributed by atoms with Gasteiger partial charge < -0.3 is 34.6 Å². The second kappa shape index (κ2) is 17.5. The van der Waals surface area contributed by atoms with Gasteiger partial charge in [0.1, 0.15) is 6.61 Å². The molecule has 0 bridgehead atoms. The summed E-state index contributed by atoms with van der Waals surface area (Å²) in [5.41, 5.74) is -0.648. The molecule has 0 aromatic carbocycles. The first-order valence-electron chi connectivity index (χ1n) is 12.7. The van der Waals surface area contributed by atoms with Gasteiger partial charge in [0.15, 0.2) is 6.29 Å². The van der Waals surface area contributed by atoms with Crippen molar-refractivity contribution in [2.75, 3.05) is 32.8 Å². The van der Waals surface area contributed by atoms with Crippen LogP contribution in [0.15, 0.2) is 24.8 Å².